The van der Waals surface area contributed by atoms with E-state index in [0.717, 1.165) is 6.54 Å². The molecule has 0 saturated heterocycles. The molecule has 0 aliphatic carbocycles. The molecule has 2 N–H and O–H groups in total. The highest BCUT2D eigenvalue weighted by Crippen LogP contribution is 2.26. The SMILES string of the molecule is CCn1cc(C(C)N)c2ccc(C)cc21. The van der Waals surface area contributed by atoms with Crippen molar-refractivity contribution >= 4 is 10.9 Å². The number of nitrogens with zero attached hydrogens (tertiary/aromatic N) is 1. The van der Waals surface area contributed by atoms with Gasteiger partial charge in [0.2, 0.25) is 0 Å². The van der Waals surface area contributed by atoms with Crippen LogP contribution in [0.5, 0.6) is 0 Å². The third kappa shape index (κ3) is 1.65. The molecule has 1 atom stereocenters. The maximum absolute atomic E-state index is 5.97. The van der Waals surface area contributed by atoms with Crippen molar-refractivity contribution in [2.24, 2.45) is 5.73 Å². The lowest BCUT2D eigenvalue weighted by Crippen LogP contribution is -2.03. The van der Waals surface area contributed by atoms with E-state index in [9.17, 15) is 0 Å². The molecule has 0 saturated carbocycles. The Labute approximate surface area is 90.7 Å². The first-order valence-electron chi connectivity index (χ1n) is 5.48. The molecule has 1 aromatic carbocycles. The minimum atomic E-state index is 0.100. The lowest BCUT2D eigenvalue weighted by Gasteiger charge is -2.02. The first kappa shape index (κ1) is 10.2. The summed E-state index contributed by atoms with van der Waals surface area (Å²) in [5.74, 6) is 0. The van der Waals surface area contributed by atoms with Gasteiger partial charge in [-0.15, -0.1) is 0 Å². The highest BCUT2D eigenvalue weighted by atomic mass is 15.0. The van der Waals surface area contributed by atoms with Crippen LogP contribution in [0.15, 0.2) is 24.4 Å². The summed E-state index contributed by atoms with van der Waals surface area (Å²) in [5, 5.41) is 1.29. The molecule has 0 bridgehead atoms. The Morgan fingerprint density at radius 1 is 1.40 bits per heavy atom. The Morgan fingerprint density at radius 3 is 2.73 bits per heavy atom. The second-order valence-electron chi connectivity index (χ2n) is 4.18. The van der Waals surface area contributed by atoms with Crippen LogP contribution in [0.2, 0.25) is 0 Å². The smallest absolute Gasteiger partial charge is 0.0486 e. The summed E-state index contributed by atoms with van der Waals surface area (Å²) in [6, 6.07) is 6.65. The molecule has 0 fully saturated rings. The Hall–Kier alpha value is -1.28. The molecule has 0 amide bonds. The quantitative estimate of drug-likeness (QED) is 0.797. The summed E-state index contributed by atoms with van der Waals surface area (Å²) in [4.78, 5) is 0. The van der Waals surface area contributed by atoms with Crippen molar-refractivity contribution in [1.29, 1.82) is 0 Å². The van der Waals surface area contributed by atoms with Crippen molar-refractivity contribution in [3.05, 3.63) is 35.5 Å². The Morgan fingerprint density at radius 2 is 2.13 bits per heavy atom. The van der Waals surface area contributed by atoms with Crippen LogP contribution < -0.4 is 5.73 Å². The van der Waals surface area contributed by atoms with E-state index in [1.807, 2.05) is 6.92 Å². The van der Waals surface area contributed by atoms with Gasteiger partial charge in [0.1, 0.15) is 0 Å². The lowest BCUT2D eigenvalue weighted by atomic mass is 10.1. The summed E-state index contributed by atoms with van der Waals surface area (Å²) in [5.41, 5.74) is 9.81. The number of aryl methyl sites for hydroxylation is 2. The van der Waals surface area contributed by atoms with E-state index in [1.165, 1.54) is 22.0 Å². The van der Waals surface area contributed by atoms with E-state index in [2.05, 4.69) is 42.8 Å². The van der Waals surface area contributed by atoms with E-state index in [4.69, 9.17) is 5.73 Å². The summed E-state index contributed by atoms with van der Waals surface area (Å²) in [6.07, 6.45) is 2.18. The van der Waals surface area contributed by atoms with Gasteiger partial charge >= 0.3 is 0 Å². The highest BCUT2D eigenvalue weighted by molar-refractivity contribution is 5.85. The molecule has 1 aromatic heterocycles. The van der Waals surface area contributed by atoms with Gasteiger partial charge in [-0.3, -0.25) is 0 Å². The molecular weight excluding hydrogens is 184 g/mol. The fourth-order valence-electron chi connectivity index (χ4n) is 2.05. The first-order valence-corrected chi connectivity index (χ1v) is 5.48. The predicted molar refractivity (Wildman–Crippen MR) is 65.0 cm³/mol. The molecule has 1 heterocycles. The largest absolute Gasteiger partial charge is 0.347 e. The van der Waals surface area contributed by atoms with Gasteiger partial charge in [-0.2, -0.15) is 0 Å². The van der Waals surface area contributed by atoms with E-state index >= 15 is 0 Å². The van der Waals surface area contributed by atoms with Crippen LogP contribution in [0.1, 0.15) is 31.0 Å². The van der Waals surface area contributed by atoms with Crippen molar-refractivity contribution in [1.82, 2.24) is 4.57 Å². The molecule has 80 valence electrons. The molecule has 0 aliphatic heterocycles. The van der Waals surface area contributed by atoms with Gasteiger partial charge in [0.25, 0.3) is 0 Å². The fourth-order valence-corrected chi connectivity index (χ4v) is 2.05. The van der Waals surface area contributed by atoms with Gasteiger partial charge in [0.15, 0.2) is 0 Å². The third-order valence-electron chi connectivity index (χ3n) is 2.90. The normalized spacial score (nSPS) is 13.3. The molecular formula is C13H18N2. The number of fused-ring (bicyclic) bond motifs is 1. The lowest BCUT2D eigenvalue weighted by molar-refractivity contribution is 0.770. The molecule has 0 spiro atoms. The number of hydrogen-bond donors (Lipinski definition) is 1. The fraction of sp³-hybridized carbons (Fsp3) is 0.385. The van der Waals surface area contributed by atoms with Gasteiger partial charge in [-0.05, 0) is 38.0 Å². The molecule has 0 radical (unpaired) electrons. The number of nitrogens with two attached hydrogens (primary N) is 1. The van der Waals surface area contributed by atoms with E-state index in [-0.39, 0.29) is 6.04 Å². The Balaban J connectivity index is 2.75. The second-order valence-corrected chi connectivity index (χ2v) is 4.18. The molecule has 2 rings (SSSR count). The number of benzene rings is 1. The zero-order valence-corrected chi connectivity index (χ0v) is 9.62. The summed E-state index contributed by atoms with van der Waals surface area (Å²) < 4.78 is 2.26. The summed E-state index contributed by atoms with van der Waals surface area (Å²) >= 11 is 0. The van der Waals surface area contributed by atoms with Crippen molar-refractivity contribution < 1.29 is 0 Å². The zero-order valence-electron chi connectivity index (χ0n) is 9.62. The number of aromatic nitrogens is 1. The van der Waals surface area contributed by atoms with Crippen LogP contribution in [0, 0.1) is 6.92 Å². The van der Waals surface area contributed by atoms with Gasteiger partial charge in [0.05, 0.1) is 0 Å². The van der Waals surface area contributed by atoms with Crippen LogP contribution in [0.4, 0.5) is 0 Å². The summed E-state index contributed by atoms with van der Waals surface area (Å²) in [7, 11) is 0. The Bertz CT molecular complexity index is 480. The van der Waals surface area contributed by atoms with E-state index in [0.29, 0.717) is 0 Å². The van der Waals surface area contributed by atoms with Gasteiger partial charge in [0, 0.05) is 29.7 Å². The maximum Gasteiger partial charge on any atom is 0.0486 e. The molecule has 2 nitrogen and oxygen atoms in total. The average molecular weight is 202 g/mol. The van der Waals surface area contributed by atoms with Gasteiger partial charge in [-0.1, -0.05) is 12.1 Å². The van der Waals surface area contributed by atoms with Crippen molar-refractivity contribution in [3.63, 3.8) is 0 Å². The molecule has 15 heavy (non-hydrogen) atoms. The van der Waals surface area contributed by atoms with Crippen molar-refractivity contribution in [2.75, 3.05) is 0 Å². The first-order chi connectivity index (χ1) is 7.13. The third-order valence-corrected chi connectivity index (χ3v) is 2.90. The van der Waals surface area contributed by atoms with E-state index in [1.54, 1.807) is 0 Å². The number of rotatable bonds is 2. The highest BCUT2D eigenvalue weighted by Gasteiger charge is 2.10. The number of hydrogen-bond acceptors (Lipinski definition) is 1. The molecule has 2 heteroatoms. The molecule has 0 aliphatic rings. The monoisotopic (exact) mass is 202 g/mol. The van der Waals surface area contributed by atoms with Gasteiger partial charge in [-0.25, -0.2) is 0 Å². The van der Waals surface area contributed by atoms with Crippen LogP contribution in [0.3, 0.4) is 0 Å². The predicted octanol–water partition coefficient (Wildman–Crippen LogP) is 2.99. The molecule has 2 aromatic rings. The van der Waals surface area contributed by atoms with Gasteiger partial charge < -0.3 is 10.3 Å². The molecule has 1 unspecified atom stereocenters. The van der Waals surface area contributed by atoms with Crippen LogP contribution >= 0.6 is 0 Å². The minimum absolute atomic E-state index is 0.100. The van der Waals surface area contributed by atoms with Crippen molar-refractivity contribution in [3.8, 4) is 0 Å². The minimum Gasteiger partial charge on any atom is -0.347 e. The Kier molecular flexibility index (Phi) is 2.53. The van der Waals surface area contributed by atoms with Crippen molar-refractivity contribution in [2.45, 2.75) is 33.4 Å². The summed E-state index contributed by atoms with van der Waals surface area (Å²) in [6.45, 7) is 7.31. The van der Waals surface area contributed by atoms with Crippen LogP contribution in [-0.4, -0.2) is 4.57 Å². The second kappa shape index (κ2) is 3.70. The maximum atomic E-state index is 5.97. The standard InChI is InChI=1S/C13H18N2/c1-4-15-8-12(10(3)14)11-6-5-9(2)7-13(11)15/h5-8,10H,4,14H2,1-3H3. The zero-order chi connectivity index (χ0) is 11.0. The van der Waals surface area contributed by atoms with Crippen LogP contribution in [-0.2, 0) is 6.54 Å². The topological polar surface area (TPSA) is 30.9 Å². The van der Waals surface area contributed by atoms with E-state index < -0.39 is 0 Å². The van der Waals surface area contributed by atoms with Crippen LogP contribution in [0.25, 0.3) is 10.9 Å². The average Bonchev–Trinajstić information content (AvgIpc) is 2.55.